The molecule has 1 unspecified atom stereocenters. The van der Waals surface area contributed by atoms with Gasteiger partial charge in [0.25, 0.3) is 0 Å². The standard InChI is InChI=1S/C15H30N2O2/c18-14(13-19-15-6-2-1-3-7-15)12-16-8-11-17-9-4-5-10-17/h14-16,18H,1-13H2. The van der Waals surface area contributed by atoms with Crippen LogP contribution in [0.2, 0.25) is 0 Å². The highest BCUT2D eigenvalue weighted by Crippen LogP contribution is 2.20. The lowest BCUT2D eigenvalue weighted by Crippen LogP contribution is -2.36. The van der Waals surface area contributed by atoms with Crippen molar-refractivity contribution in [1.82, 2.24) is 10.2 Å². The van der Waals surface area contributed by atoms with Gasteiger partial charge in [-0.3, -0.25) is 0 Å². The van der Waals surface area contributed by atoms with Crippen molar-refractivity contribution >= 4 is 0 Å². The molecule has 0 amide bonds. The summed E-state index contributed by atoms with van der Waals surface area (Å²) < 4.78 is 5.77. The Kier molecular flexibility index (Phi) is 7.14. The van der Waals surface area contributed by atoms with Gasteiger partial charge in [0.05, 0.1) is 18.8 Å². The maximum absolute atomic E-state index is 9.87. The summed E-state index contributed by atoms with van der Waals surface area (Å²) in [6.07, 6.45) is 9.00. The Hall–Kier alpha value is -0.160. The van der Waals surface area contributed by atoms with Crippen LogP contribution < -0.4 is 5.32 Å². The predicted octanol–water partition coefficient (Wildman–Crippen LogP) is 1.38. The molecule has 112 valence electrons. The summed E-state index contributed by atoms with van der Waals surface area (Å²) in [7, 11) is 0. The Morgan fingerprint density at radius 1 is 1.11 bits per heavy atom. The van der Waals surface area contributed by atoms with Gasteiger partial charge in [0.15, 0.2) is 0 Å². The molecule has 4 heteroatoms. The molecule has 0 aromatic heterocycles. The zero-order valence-corrected chi connectivity index (χ0v) is 12.1. The largest absolute Gasteiger partial charge is 0.389 e. The van der Waals surface area contributed by atoms with Crippen LogP contribution >= 0.6 is 0 Å². The summed E-state index contributed by atoms with van der Waals surface area (Å²) in [4.78, 5) is 2.48. The van der Waals surface area contributed by atoms with Crippen LogP contribution in [-0.4, -0.2) is 61.5 Å². The molecule has 4 nitrogen and oxygen atoms in total. The quantitative estimate of drug-likeness (QED) is 0.654. The number of aliphatic hydroxyl groups excluding tert-OH is 1. The molecule has 2 aliphatic rings. The molecule has 1 aliphatic heterocycles. The van der Waals surface area contributed by atoms with Gasteiger partial charge in [0.1, 0.15) is 0 Å². The number of hydrogen-bond acceptors (Lipinski definition) is 4. The van der Waals surface area contributed by atoms with E-state index in [4.69, 9.17) is 4.74 Å². The summed E-state index contributed by atoms with van der Waals surface area (Å²) in [5, 5.41) is 13.2. The fraction of sp³-hybridized carbons (Fsp3) is 1.00. The molecular formula is C15H30N2O2. The first-order valence-corrected chi connectivity index (χ1v) is 8.07. The molecule has 0 aromatic carbocycles. The first-order valence-electron chi connectivity index (χ1n) is 8.07. The van der Waals surface area contributed by atoms with Gasteiger partial charge in [-0.05, 0) is 38.8 Å². The Labute approximate surface area is 117 Å². The molecule has 1 atom stereocenters. The fourth-order valence-corrected chi connectivity index (χ4v) is 3.05. The summed E-state index contributed by atoms with van der Waals surface area (Å²) >= 11 is 0. The molecule has 0 radical (unpaired) electrons. The highest BCUT2D eigenvalue weighted by atomic mass is 16.5. The number of ether oxygens (including phenoxy) is 1. The SMILES string of the molecule is OC(CNCCN1CCCC1)COC1CCCCC1. The molecule has 19 heavy (non-hydrogen) atoms. The highest BCUT2D eigenvalue weighted by molar-refractivity contribution is 4.69. The summed E-state index contributed by atoms with van der Waals surface area (Å²) in [6.45, 7) is 5.71. The topological polar surface area (TPSA) is 44.7 Å². The minimum Gasteiger partial charge on any atom is -0.389 e. The van der Waals surface area contributed by atoms with Crippen LogP contribution in [0.1, 0.15) is 44.9 Å². The Morgan fingerprint density at radius 2 is 1.84 bits per heavy atom. The molecule has 1 aliphatic carbocycles. The minimum absolute atomic E-state index is 0.361. The van der Waals surface area contributed by atoms with Gasteiger partial charge in [-0.15, -0.1) is 0 Å². The number of nitrogens with one attached hydrogen (secondary N) is 1. The van der Waals surface area contributed by atoms with Gasteiger partial charge in [0, 0.05) is 19.6 Å². The normalized spacial score (nSPS) is 23.8. The molecule has 1 heterocycles. The van der Waals surface area contributed by atoms with Crippen molar-refractivity contribution in [2.75, 3.05) is 39.3 Å². The molecule has 2 N–H and O–H groups in total. The molecule has 0 aromatic rings. The van der Waals surface area contributed by atoms with E-state index in [0.717, 1.165) is 13.1 Å². The lowest BCUT2D eigenvalue weighted by Gasteiger charge is -2.23. The number of rotatable bonds is 8. The predicted molar refractivity (Wildman–Crippen MR) is 77.4 cm³/mol. The number of hydrogen-bond donors (Lipinski definition) is 2. The second-order valence-electron chi connectivity index (χ2n) is 6.00. The summed E-state index contributed by atoms with van der Waals surface area (Å²) in [5.41, 5.74) is 0. The Bertz CT molecular complexity index is 226. The fourth-order valence-electron chi connectivity index (χ4n) is 3.05. The average Bonchev–Trinajstić information content (AvgIpc) is 2.96. The zero-order chi connectivity index (χ0) is 13.3. The number of likely N-dealkylation sites (tertiary alicyclic amines) is 1. The van der Waals surface area contributed by atoms with Gasteiger partial charge in [0.2, 0.25) is 0 Å². The third-order valence-corrected chi connectivity index (χ3v) is 4.26. The molecule has 2 rings (SSSR count). The van der Waals surface area contributed by atoms with Crippen molar-refractivity contribution in [1.29, 1.82) is 0 Å². The van der Waals surface area contributed by atoms with Gasteiger partial charge in [-0.1, -0.05) is 19.3 Å². The summed E-state index contributed by atoms with van der Waals surface area (Å²) in [5.74, 6) is 0. The molecule has 0 spiro atoms. The van der Waals surface area contributed by atoms with Crippen LogP contribution in [0.15, 0.2) is 0 Å². The van der Waals surface area contributed by atoms with Gasteiger partial charge >= 0.3 is 0 Å². The lowest BCUT2D eigenvalue weighted by molar-refractivity contribution is -0.0229. The van der Waals surface area contributed by atoms with E-state index in [9.17, 15) is 5.11 Å². The third-order valence-electron chi connectivity index (χ3n) is 4.26. The monoisotopic (exact) mass is 270 g/mol. The van der Waals surface area contributed by atoms with E-state index in [2.05, 4.69) is 10.2 Å². The summed E-state index contributed by atoms with van der Waals surface area (Å²) in [6, 6.07) is 0. The molecular weight excluding hydrogens is 240 g/mol. The number of aliphatic hydroxyl groups is 1. The first-order chi connectivity index (χ1) is 9.34. The maximum Gasteiger partial charge on any atom is 0.0897 e. The van der Waals surface area contributed by atoms with Gasteiger partial charge in [-0.25, -0.2) is 0 Å². The zero-order valence-electron chi connectivity index (χ0n) is 12.1. The Morgan fingerprint density at radius 3 is 2.58 bits per heavy atom. The van der Waals surface area contributed by atoms with E-state index in [0.29, 0.717) is 19.3 Å². The van der Waals surface area contributed by atoms with Crippen LogP contribution in [-0.2, 0) is 4.74 Å². The van der Waals surface area contributed by atoms with Crippen molar-refractivity contribution in [3.05, 3.63) is 0 Å². The van der Waals surface area contributed by atoms with E-state index in [1.807, 2.05) is 0 Å². The van der Waals surface area contributed by atoms with E-state index >= 15 is 0 Å². The number of nitrogens with zero attached hydrogens (tertiary/aromatic N) is 1. The van der Waals surface area contributed by atoms with Crippen LogP contribution in [0.5, 0.6) is 0 Å². The second kappa shape index (κ2) is 8.90. The van der Waals surface area contributed by atoms with Crippen LogP contribution in [0.4, 0.5) is 0 Å². The second-order valence-corrected chi connectivity index (χ2v) is 6.00. The molecule has 0 bridgehead atoms. The Balaban J connectivity index is 1.43. The highest BCUT2D eigenvalue weighted by Gasteiger charge is 2.15. The average molecular weight is 270 g/mol. The van der Waals surface area contributed by atoms with Crippen LogP contribution in [0.3, 0.4) is 0 Å². The van der Waals surface area contributed by atoms with E-state index in [1.165, 1.54) is 58.0 Å². The smallest absolute Gasteiger partial charge is 0.0897 e. The van der Waals surface area contributed by atoms with Crippen molar-refractivity contribution in [2.24, 2.45) is 0 Å². The minimum atomic E-state index is -0.361. The van der Waals surface area contributed by atoms with Crippen molar-refractivity contribution in [3.8, 4) is 0 Å². The van der Waals surface area contributed by atoms with Crippen LogP contribution in [0, 0.1) is 0 Å². The van der Waals surface area contributed by atoms with Crippen molar-refractivity contribution in [2.45, 2.75) is 57.2 Å². The molecule has 1 saturated carbocycles. The van der Waals surface area contributed by atoms with Gasteiger partial charge < -0.3 is 20.1 Å². The first kappa shape index (κ1) is 15.2. The van der Waals surface area contributed by atoms with E-state index < -0.39 is 0 Å². The van der Waals surface area contributed by atoms with E-state index in [1.54, 1.807) is 0 Å². The van der Waals surface area contributed by atoms with Crippen molar-refractivity contribution in [3.63, 3.8) is 0 Å². The van der Waals surface area contributed by atoms with Gasteiger partial charge in [-0.2, -0.15) is 0 Å². The maximum atomic E-state index is 9.87. The van der Waals surface area contributed by atoms with Crippen molar-refractivity contribution < 1.29 is 9.84 Å². The lowest BCUT2D eigenvalue weighted by atomic mass is 9.98. The van der Waals surface area contributed by atoms with E-state index in [-0.39, 0.29) is 6.10 Å². The third kappa shape index (κ3) is 6.21. The molecule has 2 fully saturated rings. The molecule has 1 saturated heterocycles. The van der Waals surface area contributed by atoms with Crippen LogP contribution in [0.25, 0.3) is 0 Å².